The first kappa shape index (κ1) is 27.3. The molecule has 38 heavy (non-hydrogen) atoms. The predicted octanol–water partition coefficient (Wildman–Crippen LogP) is 4.37. The normalized spacial score (nSPS) is 16.6. The highest BCUT2D eigenvalue weighted by Gasteiger charge is 2.43. The molecule has 200 valence electrons. The monoisotopic (exact) mass is 536 g/mol. The summed E-state index contributed by atoms with van der Waals surface area (Å²) in [5.74, 6) is 0.433. The van der Waals surface area contributed by atoms with Gasteiger partial charge in [-0.05, 0) is 44.4 Å². The molecule has 10 heteroatoms. The van der Waals surface area contributed by atoms with Gasteiger partial charge in [0.25, 0.3) is 0 Å². The molecule has 1 aromatic carbocycles. The number of methoxy groups -OCH3 is 2. The Kier molecular flexibility index (Phi) is 8.73. The summed E-state index contributed by atoms with van der Waals surface area (Å²) in [5.41, 5.74) is 3.28. The third-order valence-corrected chi connectivity index (χ3v) is 6.95. The number of hydrogen-bond acceptors (Lipinski definition) is 9. The Morgan fingerprint density at radius 1 is 1.13 bits per heavy atom. The molecule has 1 amide bonds. The maximum absolute atomic E-state index is 13.4. The van der Waals surface area contributed by atoms with Crippen LogP contribution in [0, 0.1) is 0 Å². The van der Waals surface area contributed by atoms with Crippen LogP contribution in [-0.2, 0) is 20.7 Å². The molecule has 2 aromatic rings. The van der Waals surface area contributed by atoms with E-state index in [0.29, 0.717) is 46.5 Å². The lowest BCUT2D eigenvalue weighted by Crippen LogP contribution is -2.38. The lowest BCUT2D eigenvalue weighted by atomic mass is 9.92. The average Bonchev–Trinajstić information content (AvgIpc) is 3.29. The number of hydrogen-bond donors (Lipinski definition) is 1. The SMILES string of the molecule is COc1cccc([C@@H]2C(C(=O)OC(C)C)=C(C)N=C3SC=C(CC(=O)NCCc4ccccn4)N32)c1OC. The van der Waals surface area contributed by atoms with Crippen molar-refractivity contribution in [1.29, 1.82) is 0 Å². The van der Waals surface area contributed by atoms with Crippen molar-refractivity contribution in [3.8, 4) is 11.5 Å². The zero-order valence-corrected chi connectivity index (χ0v) is 23.0. The van der Waals surface area contributed by atoms with Crippen molar-refractivity contribution in [3.05, 3.63) is 76.2 Å². The molecule has 0 spiro atoms. The highest BCUT2D eigenvalue weighted by molar-refractivity contribution is 8.16. The third kappa shape index (κ3) is 5.85. The number of allylic oxidation sites excluding steroid dienone is 1. The maximum Gasteiger partial charge on any atom is 0.338 e. The second-order valence-corrected chi connectivity index (χ2v) is 9.86. The molecular weight excluding hydrogens is 504 g/mol. The molecule has 2 aliphatic rings. The number of aromatic nitrogens is 1. The number of carbonyl (C=O) groups is 2. The first-order valence-electron chi connectivity index (χ1n) is 12.4. The minimum absolute atomic E-state index is 0.114. The van der Waals surface area contributed by atoms with E-state index in [2.05, 4.69) is 10.3 Å². The van der Waals surface area contributed by atoms with E-state index in [1.54, 1.807) is 47.3 Å². The second-order valence-electron chi connectivity index (χ2n) is 9.03. The number of esters is 1. The number of carbonyl (C=O) groups excluding carboxylic acids is 2. The number of benzene rings is 1. The van der Waals surface area contributed by atoms with Gasteiger partial charge in [0, 0.05) is 36.1 Å². The van der Waals surface area contributed by atoms with Gasteiger partial charge in [0.1, 0.15) is 0 Å². The zero-order chi connectivity index (χ0) is 27.2. The van der Waals surface area contributed by atoms with Crippen LogP contribution in [-0.4, -0.2) is 53.8 Å². The molecule has 1 N–H and O–H groups in total. The highest BCUT2D eigenvalue weighted by Crippen LogP contribution is 2.48. The Labute approximate surface area is 227 Å². The molecule has 0 saturated carbocycles. The Morgan fingerprint density at radius 2 is 1.95 bits per heavy atom. The summed E-state index contributed by atoms with van der Waals surface area (Å²) in [6.07, 6.45) is 2.17. The average molecular weight is 537 g/mol. The number of fused-ring (bicyclic) bond motifs is 1. The van der Waals surface area contributed by atoms with Gasteiger partial charge in [0.2, 0.25) is 5.91 Å². The summed E-state index contributed by atoms with van der Waals surface area (Å²) in [5, 5.41) is 5.55. The van der Waals surface area contributed by atoms with Crippen LogP contribution >= 0.6 is 11.8 Å². The van der Waals surface area contributed by atoms with Crippen LogP contribution in [0.15, 0.2) is 70.0 Å². The number of pyridine rings is 1. The van der Waals surface area contributed by atoms with Gasteiger partial charge in [0.15, 0.2) is 16.7 Å². The number of rotatable bonds is 10. The first-order chi connectivity index (χ1) is 18.3. The van der Waals surface area contributed by atoms with Gasteiger partial charge in [-0.1, -0.05) is 30.0 Å². The van der Waals surface area contributed by atoms with Gasteiger partial charge < -0.3 is 24.4 Å². The molecule has 2 aliphatic heterocycles. The maximum atomic E-state index is 13.4. The van der Waals surface area contributed by atoms with Crippen molar-refractivity contribution in [3.63, 3.8) is 0 Å². The van der Waals surface area contributed by atoms with Gasteiger partial charge >= 0.3 is 5.97 Å². The Balaban J connectivity index is 1.64. The third-order valence-electron chi connectivity index (χ3n) is 6.06. The number of thioether (sulfide) groups is 1. The molecule has 0 radical (unpaired) electrons. The largest absolute Gasteiger partial charge is 0.493 e. The Morgan fingerprint density at radius 3 is 2.63 bits per heavy atom. The summed E-state index contributed by atoms with van der Waals surface area (Å²) < 4.78 is 16.9. The fourth-order valence-corrected chi connectivity index (χ4v) is 5.40. The molecule has 1 atom stereocenters. The molecule has 0 aliphatic carbocycles. The van der Waals surface area contributed by atoms with Crippen LogP contribution in [0.1, 0.15) is 44.5 Å². The number of amides is 1. The van der Waals surface area contributed by atoms with Crippen LogP contribution in [0.2, 0.25) is 0 Å². The fraction of sp³-hybridized carbons (Fsp3) is 0.357. The summed E-state index contributed by atoms with van der Waals surface area (Å²) in [4.78, 5) is 37.3. The van der Waals surface area contributed by atoms with Crippen molar-refractivity contribution in [1.82, 2.24) is 15.2 Å². The molecule has 4 rings (SSSR count). The molecular formula is C28H32N4O5S. The standard InChI is InChI=1S/C28H32N4O5S/c1-17(2)37-27(34)24-18(3)31-28-32(25(24)21-10-8-11-22(35-4)26(21)36-5)20(16-38-28)15-23(33)30-14-12-19-9-6-7-13-29-19/h6-11,13,16-17,25H,12,14-15H2,1-5H3,(H,30,33)/t25-/m1/s1. The van der Waals surface area contributed by atoms with E-state index in [-0.39, 0.29) is 18.4 Å². The lowest BCUT2D eigenvalue weighted by molar-refractivity contribution is -0.143. The van der Waals surface area contributed by atoms with Gasteiger partial charge in [-0.2, -0.15) is 0 Å². The van der Waals surface area contributed by atoms with E-state index in [4.69, 9.17) is 19.2 Å². The summed E-state index contributed by atoms with van der Waals surface area (Å²) >= 11 is 1.42. The molecule has 1 aromatic heterocycles. The van der Waals surface area contributed by atoms with Crippen molar-refractivity contribution in [2.24, 2.45) is 4.99 Å². The zero-order valence-electron chi connectivity index (χ0n) is 22.2. The van der Waals surface area contributed by atoms with E-state index < -0.39 is 12.0 Å². The lowest BCUT2D eigenvalue weighted by Gasteiger charge is -2.37. The van der Waals surface area contributed by atoms with Crippen molar-refractivity contribution in [2.45, 2.75) is 45.8 Å². The van der Waals surface area contributed by atoms with Gasteiger partial charge in [0.05, 0.1) is 44.1 Å². The molecule has 0 unspecified atom stereocenters. The van der Waals surface area contributed by atoms with Crippen LogP contribution in [0.3, 0.4) is 0 Å². The van der Waals surface area contributed by atoms with Crippen molar-refractivity contribution < 1.29 is 23.8 Å². The predicted molar refractivity (Wildman–Crippen MR) is 147 cm³/mol. The summed E-state index contributed by atoms with van der Waals surface area (Å²) in [7, 11) is 3.13. The number of ether oxygens (including phenoxy) is 3. The smallest absolute Gasteiger partial charge is 0.338 e. The number of nitrogens with zero attached hydrogens (tertiary/aromatic N) is 3. The van der Waals surface area contributed by atoms with Gasteiger partial charge in [-0.25, -0.2) is 9.79 Å². The van der Waals surface area contributed by atoms with E-state index in [0.717, 1.165) is 11.4 Å². The fourth-order valence-electron chi connectivity index (χ4n) is 4.43. The molecule has 3 heterocycles. The van der Waals surface area contributed by atoms with Crippen LogP contribution in [0.25, 0.3) is 0 Å². The van der Waals surface area contributed by atoms with Gasteiger partial charge in [-0.15, -0.1) is 0 Å². The molecule has 0 saturated heterocycles. The van der Waals surface area contributed by atoms with E-state index >= 15 is 0 Å². The highest BCUT2D eigenvalue weighted by atomic mass is 32.2. The molecule has 0 bridgehead atoms. The minimum atomic E-state index is -0.624. The minimum Gasteiger partial charge on any atom is -0.493 e. The van der Waals surface area contributed by atoms with E-state index in [1.807, 2.05) is 40.6 Å². The van der Waals surface area contributed by atoms with E-state index in [1.165, 1.54) is 11.8 Å². The second kappa shape index (κ2) is 12.2. The summed E-state index contributed by atoms with van der Waals surface area (Å²) in [6.45, 7) is 5.87. The van der Waals surface area contributed by atoms with Crippen molar-refractivity contribution >= 4 is 28.8 Å². The van der Waals surface area contributed by atoms with E-state index in [9.17, 15) is 9.59 Å². The van der Waals surface area contributed by atoms with Crippen LogP contribution in [0.5, 0.6) is 11.5 Å². The topological polar surface area (TPSA) is 102 Å². The molecule has 9 nitrogen and oxygen atoms in total. The van der Waals surface area contributed by atoms with Crippen molar-refractivity contribution in [2.75, 3.05) is 20.8 Å². The van der Waals surface area contributed by atoms with Crippen LogP contribution < -0.4 is 14.8 Å². The Hall–Kier alpha value is -3.79. The first-order valence-corrected chi connectivity index (χ1v) is 13.2. The molecule has 0 fully saturated rings. The quantitative estimate of drug-likeness (QED) is 0.447. The van der Waals surface area contributed by atoms with Gasteiger partial charge in [-0.3, -0.25) is 9.78 Å². The summed E-state index contributed by atoms with van der Waals surface area (Å²) in [6, 6.07) is 10.6. The number of para-hydroxylation sites is 1. The number of aliphatic imine (C=N–C) groups is 1. The number of amidine groups is 1. The van der Waals surface area contributed by atoms with Crippen LogP contribution in [0.4, 0.5) is 0 Å². The Bertz CT molecular complexity index is 1290. The number of nitrogens with one attached hydrogen (secondary N) is 1.